The molecule has 2 aromatic carbocycles. The largest absolute Gasteiger partial charge is 0.506 e. The number of allylic oxidation sites excluding steroid dienone is 1. The molecular formula is C28H40N4O6. The van der Waals surface area contributed by atoms with Crippen LogP contribution in [-0.2, 0) is 0 Å². The standard InChI is InChI=1S/C28H40N4O6/c1-7-9-11-12-14-20(4)37-27-18-23(32(35)36)26(34)15-22(27)30-29-21-16-28(38-19(3)13-10-8-2)24(31(5)6)17-25(21)33/h8,15-20,33-34H,2,7,9-14H2,1,3-6H3/t19-,20+/m0/s1. The maximum atomic E-state index is 11.4. The van der Waals surface area contributed by atoms with Crippen LogP contribution in [0.5, 0.6) is 23.0 Å². The number of rotatable bonds is 16. The van der Waals surface area contributed by atoms with E-state index >= 15 is 0 Å². The fraction of sp³-hybridized carbons (Fsp3) is 0.500. The molecule has 208 valence electrons. The summed E-state index contributed by atoms with van der Waals surface area (Å²) in [6, 6.07) is 5.41. The lowest BCUT2D eigenvalue weighted by Crippen LogP contribution is -2.15. The van der Waals surface area contributed by atoms with E-state index in [0.29, 0.717) is 11.4 Å². The second-order valence-electron chi connectivity index (χ2n) is 9.54. The van der Waals surface area contributed by atoms with Gasteiger partial charge >= 0.3 is 5.69 Å². The number of unbranched alkanes of at least 4 members (excludes halogenated alkanes) is 3. The van der Waals surface area contributed by atoms with E-state index in [-0.39, 0.29) is 35.1 Å². The zero-order valence-electron chi connectivity index (χ0n) is 23.0. The van der Waals surface area contributed by atoms with Crippen molar-refractivity contribution >= 4 is 22.7 Å². The first kappa shape index (κ1) is 30.4. The average molecular weight is 529 g/mol. The third-order valence-electron chi connectivity index (χ3n) is 5.95. The van der Waals surface area contributed by atoms with Crippen molar-refractivity contribution in [2.24, 2.45) is 10.2 Å². The minimum Gasteiger partial charge on any atom is -0.506 e. The van der Waals surface area contributed by atoms with Gasteiger partial charge in [0.15, 0.2) is 11.5 Å². The van der Waals surface area contributed by atoms with Gasteiger partial charge in [-0.3, -0.25) is 10.1 Å². The Hall–Kier alpha value is -3.82. The number of aromatic hydroxyl groups is 2. The Balaban J connectivity index is 2.40. The van der Waals surface area contributed by atoms with Crippen molar-refractivity contribution in [1.82, 2.24) is 0 Å². The van der Waals surface area contributed by atoms with Crippen LogP contribution in [0.25, 0.3) is 0 Å². The molecule has 0 saturated heterocycles. The van der Waals surface area contributed by atoms with Crippen molar-refractivity contribution in [3.63, 3.8) is 0 Å². The molecule has 0 aromatic heterocycles. The molecule has 2 atom stereocenters. The molecule has 0 aliphatic carbocycles. The van der Waals surface area contributed by atoms with E-state index in [1.54, 1.807) is 6.07 Å². The van der Waals surface area contributed by atoms with E-state index in [0.717, 1.165) is 57.1 Å². The highest BCUT2D eigenvalue weighted by atomic mass is 16.6. The van der Waals surface area contributed by atoms with Crippen molar-refractivity contribution in [3.05, 3.63) is 47.0 Å². The molecule has 10 nitrogen and oxygen atoms in total. The predicted molar refractivity (Wildman–Crippen MR) is 150 cm³/mol. The molecule has 2 rings (SSSR count). The molecule has 38 heavy (non-hydrogen) atoms. The van der Waals surface area contributed by atoms with Crippen molar-refractivity contribution in [2.45, 2.75) is 77.9 Å². The van der Waals surface area contributed by atoms with Crippen molar-refractivity contribution in [2.75, 3.05) is 19.0 Å². The zero-order valence-corrected chi connectivity index (χ0v) is 23.0. The molecule has 2 N–H and O–H groups in total. The van der Waals surface area contributed by atoms with Gasteiger partial charge in [0.25, 0.3) is 0 Å². The number of nitrogens with zero attached hydrogens (tertiary/aromatic N) is 4. The van der Waals surface area contributed by atoms with Crippen LogP contribution in [0, 0.1) is 10.1 Å². The van der Waals surface area contributed by atoms with Crippen LogP contribution in [0.4, 0.5) is 22.7 Å². The molecule has 10 heteroatoms. The third-order valence-corrected chi connectivity index (χ3v) is 5.95. The summed E-state index contributed by atoms with van der Waals surface area (Å²) < 4.78 is 12.1. The minimum atomic E-state index is -0.683. The fourth-order valence-electron chi connectivity index (χ4n) is 3.81. The number of hydrogen-bond acceptors (Lipinski definition) is 9. The van der Waals surface area contributed by atoms with Crippen molar-refractivity contribution in [3.8, 4) is 23.0 Å². The third kappa shape index (κ3) is 8.93. The summed E-state index contributed by atoms with van der Waals surface area (Å²) in [5, 5.41) is 40.6. The van der Waals surface area contributed by atoms with Gasteiger partial charge in [-0.2, -0.15) is 0 Å². The molecule has 0 aliphatic heterocycles. The number of hydrogen-bond donors (Lipinski definition) is 2. The minimum absolute atomic E-state index is 0.103. The van der Waals surface area contributed by atoms with Gasteiger partial charge < -0.3 is 24.6 Å². The van der Waals surface area contributed by atoms with Crippen LogP contribution in [0.1, 0.15) is 65.7 Å². The van der Waals surface area contributed by atoms with Crippen LogP contribution in [0.15, 0.2) is 47.1 Å². The number of anilines is 1. The molecule has 2 aromatic rings. The lowest BCUT2D eigenvalue weighted by atomic mass is 10.1. The maximum Gasteiger partial charge on any atom is 0.314 e. The van der Waals surface area contributed by atoms with E-state index < -0.39 is 16.4 Å². The van der Waals surface area contributed by atoms with Crippen LogP contribution < -0.4 is 14.4 Å². The summed E-state index contributed by atoms with van der Waals surface area (Å²) >= 11 is 0. The molecule has 0 unspecified atom stereocenters. The Bertz CT molecular complexity index is 1120. The van der Waals surface area contributed by atoms with Crippen LogP contribution >= 0.6 is 0 Å². The van der Waals surface area contributed by atoms with Crippen molar-refractivity contribution < 1.29 is 24.6 Å². The van der Waals surface area contributed by atoms with E-state index in [9.17, 15) is 20.3 Å². The van der Waals surface area contributed by atoms with Crippen LogP contribution in [0.2, 0.25) is 0 Å². The molecule has 0 fully saturated rings. The Morgan fingerprint density at radius 1 is 0.974 bits per heavy atom. The van der Waals surface area contributed by atoms with Gasteiger partial charge in [0, 0.05) is 32.3 Å². The van der Waals surface area contributed by atoms with Crippen LogP contribution in [-0.4, -0.2) is 41.4 Å². The van der Waals surface area contributed by atoms with E-state index in [4.69, 9.17) is 9.47 Å². The Morgan fingerprint density at radius 3 is 2.26 bits per heavy atom. The van der Waals surface area contributed by atoms with E-state index in [2.05, 4.69) is 23.7 Å². The van der Waals surface area contributed by atoms with Gasteiger partial charge in [-0.1, -0.05) is 32.3 Å². The second kappa shape index (κ2) is 14.8. The first-order valence-electron chi connectivity index (χ1n) is 13.0. The molecule has 0 spiro atoms. The number of phenolic OH excluding ortho intramolecular Hbond substituents is 2. The topological polar surface area (TPSA) is 130 Å². The monoisotopic (exact) mass is 528 g/mol. The number of ether oxygens (including phenoxy) is 2. The molecule has 0 saturated carbocycles. The molecule has 0 heterocycles. The Morgan fingerprint density at radius 2 is 1.63 bits per heavy atom. The average Bonchev–Trinajstić information content (AvgIpc) is 2.86. The molecular weight excluding hydrogens is 488 g/mol. The smallest absolute Gasteiger partial charge is 0.314 e. The summed E-state index contributed by atoms with van der Waals surface area (Å²) in [4.78, 5) is 12.5. The predicted octanol–water partition coefficient (Wildman–Crippen LogP) is 7.96. The Labute approximate surface area is 224 Å². The Kier molecular flexibility index (Phi) is 11.8. The zero-order chi connectivity index (χ0) is 28.2. The number of nitro groups is 1. The highest BCUT2D eigenvalue weighted by Crippen LogP contribution is 2.43. The number of nitro benzene ring substituents is 1. The summed E-state index contributed by atoms with van der Waals surface area (Å²) in [5.74, 6) is -0.0391. The van der Waals surface area contributed by atoms with Gasteiger partial charge in [0.05, 0.1) is 28.9 Å². The molecule has 0 radical (unpaired) electrons. The molecule has 0 bridgehead atoms. The van der Waals surface area contributed by atoms with Gasteiger partial charge in [-0.25, -0.2) is 0 Å². The number of azo groups is 1. The van der Waals surface area contributed by atoms with Gasteiger partial charge in [0.1, 0.15) is 22.9 Å². The lowest BCUT2D eigenvalue weighted by Gasteiger charge is -2.22. The summed E-state index contributed by atoms with van der Waals surface area (Å²) in [7, 11) is 3.67. The number of phenols is 2. The second-order valence-corrected chi connectivity index (χ2v) is 9.54. The van der Waals surface area contributed by atoms with Crippen LogP contribution in [0.3, 0.4) is 0 Å². The highest BCUT2D eigenvalue weighted by Gasteiger charge is 2.21. The van der Waals surface area contributed by atoms with Gasteiger partial charge in [-0.05, 0) is 39.5 Å². The van der Waals surface area contributed by atoms with E-state index in [1.807, 2.05) is 38.9 Å². The van der Waals surface area contributed by atoms with Crippen molar-refractivity contribution in [1.29, 1.82) is 0 Å². The van der Waals surface area contributed by atoms with Gasteiger partial charge in [0.2, 0.25) is 0 Å². The first-order valence-corrected chi connectivity index (χ1v) is 13.0. The summed E-state index contributed by atoms with van der Waals surface area (Å²) in [6.07, 6.45) is 8.12. The summed E-state index contributed by atoms with van der Waals surface area (Å²) in [5.41, 5.74) is 0.421. The quantitative estimate of drug-likeness (QED) is 0.0743. The maximum absolute atomic E-state index is 11.4. The molecule has 0 amide bonds. The highest BCUT2D eigenvalue weighted by molar-refractivity contribution is 5.69. The normalized spacial score (nSPS) is 12.8. The fourth-order valence-corrected chi connectivity index (χ4v) is 3.81. The lowest BCUT2D eigenvalue weighted by molar-refractivity contribution is -0.385. The van der Waals surface area contributed by atoms with E-state index in [1.165, 1.54) is 6.07 Å². The number of benzene rings is 2. The van der Waals surface area contributed by atoms with Gasteiger partial charge in [-0.15, -0.1) is 16.8 Å². The first-order chi connectivity index (χ1) is 18.1. The summed E-state index contributed by atoms with van der Waals surface area (Å²) in [6.45, 7) is 9.71. The molecule has 0 aliphatic rings. The SMILES string of the molecule is C=CCC[C@H](C)Oc1cc(N=Nc2cc(O)c([N+](=O)[O-])cc2O[C@H](C)CCCCCC)c(O)cc1N(C)C.